The van der Waals surface area contributed by atoms with Crippen molar-refractivity contribution in [1.29, 1.82) is 0 Å². The minimum absolute atomic E-state index is 0.518. The molecule has 0 unspecified atom stereocenters. The van der Waals surface area contributed by atoms with E-state index in [-0.39, 0.29) is 0 Å². The number of hydrogen-bond donors (Lipinski definition) is 0. The zero-order chi connectivity index (χ0) is 14.6. The lowest BCUT2D eigenvalue weighted by atomic mass is 9.84. The van der Waals surface area contributed by atoms with Crippen LogP contribution in [0.2, 0.25) is 0 Å². The van der Waals surface area contributed by atoms with Crippen molar-refractivity contribution in [1.82, 2.24) is 4.90 Å². The average Bonchev–Trinajstić information content (AvgIpc) is 2.43. The Bertz CT molecular complexity index is 349. The van der Waals surface area contributed by atoms with Crippen LogP contribution in [0.5, 0.6) is 0 Å². The Labute approximate surface area is 129 Å². The van der Waals surface area contributed by atoms with Crippen LogP contribution >= 0.6 is 6.49 Å². The van der Waals surface area contributed by atoms with Gasteiger partial charge in [-0.1, -0.05) is 20.3 Å². The number of rotatable bonds is 6. The molecule has 0 aromatic carbocycles. The van der Waals surface area contributed by atoms with Crippen molar-refractivity contribution in [2.75, 3.05) is 33.0 Å². The molecule has 0 saturated carbocycles. The maximum atomic E-state index is 6.05. The van der Waals surface area contributed by atoms with Gasteiger partial charge in [-0.25, -0.2) is 0 Å². The minimum atomic E-state index is -2.05. The first-order valence-corrected chi connectivity index (χ1v) is 11.2. The Morgan fingerprint density at radius 3 is 2.65 bits per heavy atom. The number of fused-ring (bicyclic) bond motifs is 1. The van der Waals surface area contributed by atoms with Gasteiger partial charge in [0.25, 0.3) is 0 Å². The Kier molecular flexibility index (Phi) is 6.50. The van der Waals surface area contributed by atoms with E-state index in [9.17, 15) is 0 Å². The topological polar surface area (TPSA) is 21.7 Å². The molecule has 2 aliphatic rings. The van der Waals surface area contributed by atoms with E-state index in [1.165, 1.54) is 45.2 Å². The Morgan fingerprint density at radius 2 is 1.90 bits per heavy atom. The standard InChI is InChI=1S/C15H30NO2PS/c1-13(2)11-17-19(3,20)18-12-14-7-6-10-16-9-5-4-8-15(14)16/h13-15H,4-12H2,1-3H3/t14-,15-,19+/m1/s1. The van der Waals surface area contributed by atoms with Gasteiger partial charge in [-0.05, 0) is 62.4 Å². The van der Waals surface area contributed by atoms with E-state index in [1.807, 2.05) is 6.66 Å². The van der Waals surface area contributed by atoms with Gasteiger partial charge in [0.2, 0.25) is 0 Å². The Balaban J connectivity index is 1.81. The summed E-state index contributed by atoms with van der Waals surface area (Å²) in [7, 11) is 0. The molecule has 0 aromatic heterocycles. The zero-order valence-electron chi connectivity index (χ0n) is 13.2. The molecule has 0 amide bonds. The van der Waals surface area contributed by atoms with Gasteiger partial charge in [-0.2, -0.15) is 0 Å². The third kappa shape index (κ3) is 5.06. The van der Waals surface area contributed by atoms with Crippen LogP contribution in [0.25, 0.3) is 0 Å². The molecule has 3 nitrogen and oxygen atoms in total. The van der Waals surface area contributed by atoms with Crippen LogP contribution in [-0.2, 0) is 20.9 Å². The highest BCUT2D eigenvalue weighted by Gasteiger charge is 2.33. The highest BCUT2D eigenvalue weighted by molar-refractivity contribution is 8.09. The molecular weight excluding hydrogens is 289 g/mol. The van der Waals surface area contributed by atoms with Crippen LogP contribution in [0.4, 0.5) is 0 Å². The lowest BCUT2D eigenvalue weighted by Crippen LogP contribution is -2.49. The molecule has 0 aromatic rings. The second kappa shape index (κ2) is 7.69. The maximum absolute atomic E-state index is 6.05. The summed E-state index contributed by atoms with van der Waals surface area (Å²) in [4.78, 5) is 2.68. The maximum Gasteiger partial charge on any atom is 0.185 e. The fourth-order valence-electron chi connectivity index (χ4n) is 3.32. The minimum Gasteiger partial charge on any atom is -0.329 e. The van der Waals surface area contributed by atoms with Gasteiger partial charge in [0.1, 0.15) is 0 Å². The van der Waals surface area contributed by atoms with Crippen LogP contribution in [0.15, 0.2) is 0 Å². The molecule has 118 valence electrons. The van der Waals surface area contributed by atoms with Crippen molar-refractivity contribution in [2.45, 2.75) is 52.0 Å². The fraction of sp³-hybridized carbons (Fsp3) is 1.00. The predicted octanol–water partition coefficient (Wildman–Crippen LogP) is 3.88. The largest absolute Gasteiger partial charge is 0.329 e. The van der Waals surface area contributed by atoms with Gasteiger partial charge >= 0.3 is 0 Å². The number of piperidine rings is 2. The molecule has 5 heteroatoms. The molecule has 2 saturated heterocycles. The fourth-order valence-corrected chi connectivity index (χ4v) is 4.80. The van der Waals surface area contributed by atoms with E-state index in [1.54, 1.807) is 0 Å². The van der Waals surface area contributed by atoms with E-state index >= 15 is 0 Å². The van der Waals surface area contributed by atoms with E-state index in [0.29, 0.717) is 18.4 Å². The first-order chi connectivity index (χ1) is 9.48. The van der Waals surface area contributed by atoms with Crippen LogP contribution < -0.4 is 0 Å². The molecule has 2 aliphatic heterocycles. The highest BCUT2D eigenvalue weighted by Crippen LogP contribution is 2.46. The lowest BCUT2D eigenvalue weighted by Gasteiger charge is -2.44. The monoisotopic (exact) mass is 319 g/mol. The van der Waals surface area contributed by atoms with Gasteiger partial charge in [-0.3, -0.25) is 0 Å². The van der Waals surface area contributed by atoms with Gasteiger partial charge in [0.05, 0.1) is 13.2 Å². The number of hydrogen-bond acceptors (Lipinski definition) is 4. The molecule has 3 atom stereocenters. The van der Waals surface area contributed by atoms with E-state index in [2.05, 4.69) is 18.7 Å². The zero-order valence-corrected chi connectivity index (χ0v) is 14.9. The first-order valence-electron chi connectivity index (χ1n) is 8.08. The second-order valence-corrected chi connectivity index (χ2v) is 10.8. The summed E-state index contributed by atoms with van der Waals surface area (Å²) >= 11 is 5.53. The van der Waals surface area contributed by atoms with Crippen molar-refractivity contribution < 1.29 is 9.05 Å². The Hall–Kier alpha value is 0.530. The average molecular weight is 319 g/mol. The third-order valence-corrected chi connectivity index (χ3v) is 6.26. The SMILES string of the molecule is CC(C)CO[P@](C)(=S)OC[C@H]1CCCN2CCCC[C@H]12. The lowest BCUT2D eigenvalue weighted by molar-refractivity contribution is 0.0355. The summed E-state index contributed by atoms with van der Waals surface area (Å²) in [6.45, 7) is 8.31. The normalized spacial score (nSPS) is 31.0. The summed E-state index contributed by atoms with van der Waals surface area (Å²) in [6, 6.07) is 0.734. The van der Waals surface area contributed by atoms with Crippen molar-refractivity contribution in [3.63, 3.8) is 0 Å². The molecule has 0 radical (unpaired) electrons. The van der Waals surface area contributed by atoms with Crippen LogP contribution in [-0.4, -0.2) is 43.9 Å². The van der Waals surface area contributed by atoms with E-state index < -0.39 is 6.49 Å². The van der Waals surface area contributed by atoms with Crippen molar-refractivity contribution >= 4 is 18.3 Å². The predicted molar refractivity (Wildman–Crippen MR) is 88.9 cm³/mol. The van der Waals surface area contributed by atoms with Crippen molar-refractivity contribution in [3.05, 3.63) is 0 Å². The molecule has 0 bridgehead atoms. The van der Waals surface area contributed by atoms with Crippen LogP contribution in [0.3, 0.4) is 0 Å². The van der Waals surface area contributed by atoms with Gasteiger partial charge in [0, 0.05) is 12.7 Å². The molecular formula is C15H30NO2PS. The first kappa shape index (κ1) is 16.9. The second-order valence-electron chi connectivity index (χ2n) is 6.76. The van der Waals surface area contributed by atoms with Crippen LogP contribution in [0.1, 0.15) is 46.0 Å². The van der Waals surface area contributed by atoms with Gasteiger partial charge in [-0.15, -0.1) is 0 Å². The summed E-state index contributed by atoms with van der Waals surface area (Å²) in [5, 5.41) is 0. The highest BCUT2D eigenvalue weighted by atomic mass is 32.5. The molecule has 2 rings (SSSR count). The Morgan fingerprint density at radius 1 is 1.15 bits per heavy atom. The third-order valence-electron chi connectivity index (χ3n) is 4.39. The molecule has 0 spiro atoms. The molecule has 2 heterocycles. The van der Waals surface area contributed by atoms with Gasteiger partial charge < -0.3 is 13.9 Å². The van der Waals surface area contributed by atoms with E-state index in [4.69, 9.17) is 20.9 Å². The summed E-state index contributed by atoms with van der Waals surface area (Å²) in [5.41, 5.74) is 0. The van der Waals surface area contributed by atoms with Gasteiger partial charge in [0.15, 0.2) is 6.49 Å². The van der Waals surface area contributed by atoms with Crippen molar-refractivity contribution in [2.24, 2.45) is 11.8 Å². The van der Waals surface area contributed by atoms with Crippen molar-refractivity contribution in [3.8, 4) is 0 Å². The molecule has 2 fully saturated rings. The summed E-state index contributed by atoms with van der Waals surface area (Å²) in [5.74, 6) is 1.18. The molecule has 20 heavy (non-hydrogen) atoms. The van der Waals surface area contributed by atoms with E-state index in [0.717, 1.165) is 12.6 Å². The number of nitrogens with zero attached hydrogens (tertiary/aromatic N) is 1. The van der Waals surface area contributed by atoms with Crippen LogP contribution in [0, 0.1) is 11.8 Å². The molecule has 0 N–H and O–H groups in total. The summed E-state index contributed by atoms with van der Waals surface area (Å²) in [6.07, 6.45) is 6.69. The quantitative estimate of drug-likeness (QED) is 0.693. The molecule has 0 aliphatic carbocycles. The summed E-state index contributed by atoms with van der Waals surface area (Å²) < 4.78 is 11.9. The smallest absolute Gasteiger partial charge is 0.185 e.